The van der Waals surface area contributed by atoms with Crippen molar-refractivity contribution in [2.24, 2.45) is 17.8 Å². The van der Waals surface area contributed by atoms with Crippen molar-refractivity contribution in [3.8, 4) is 33.4 Å². The fraction of sp³-hybridized carbons (Fsp3) is 0.321. The summed E-state index contributed by atoms with van der Waals surface area (Å²) >= 11 is 0. The Balaban J connectivity index is 1.13. The summed E-state index contributed by atoms with van der Waals surface area (Å²) in [6.45, 7) is 2.43. The lowest BCUT2D eigenvalue weighted by atomic mass is 9.49. The Morgan fingerprint density at radius 1 is 0.500 bits per heavy atom. The summed E-state index contributed by atoms with van der Waals surface area (Å²) in [6.07, 6.45) is 14.6. The van der Waals surface area contributed by atoms with E-state index in [1.807, 2.05) is 0 Å². The molecule has 11 rings (SSSR count). The predicted molar refractivity (Wildman–Crippen MR) is 226 cm³/mol. The second-order valence-corrected chi connectivity index (χ2v) is 17.4. The first-order chi connectivity index (χ1) is 26.7. The van der Waals surface area contributed by atoms with E-state index in [1.165, 1.54) is 127 Å². The van der Waals surface area contributed by atoms with Gasteiger partial charge in [-0.25, -0.2) is 0 Å². The van der Waals surface area contributed by atoms with Crippen molar-refractivity contribution >= 4 is 17.1 Å². The highest BCUT2D eigenvalue weighted by Gasteiger charge is 2.57. The quantitative estimate of drug-likeness (QED) is 0.173. The monoisotopic (exact) mass is 701 g/mol. The molecule has 2 bridgehead atoms. The molecule has 2 unspecified atom stereocenters. The Morgan fingerprint density at radius 3 is 1.85 bits per heavy atom. The second-order valence-electron chi connectivity index (χ2n) is 17.4. The predicted octanol–water partition coefficient (Wildman–Crippen LogP) is 14.6. The Labute approximate surface area is 322 Å². The van der Waals surface area contributed by atoms with Crippen LogP contribution in [0.5, 0.6) is 0 Å². The summed E-state index contributed by atoms with van der Waals surface area (Å²) in [7, 11) is 0. The average Bonchev–Trinajstić information content (AvgIpc) is 3.65. The van der Waals surface area contributed by atoms with Crippen LogP contribution < -0.4 is 4.90 Å². The molecular formula is C53H51N. The van der Waals surface area contributed by atoms with Crippen LogP contribution in [0.3, 0.4) is 0 Å². The Morgan fingerprint density at radius 2 is 1.09 bits per heavy atom. The summed E-state index contributed by atoms with van der Waals surface area (Å²) in [6, 6.07) is 54.1. The first kappa shape index (κ1) is 32.5. The van der Waals surface area contributed by atoms with Gasteiger partial charge in [0.25, 0.3) is 0 Å². The summed E-state index contributed by atoms with van der Waals surface area (Å²) < 4.78 is 0. The lowest BCUT2D eigenvalue weighted by molar-refractivity contribution is 0.0492. The number of rotatable bonds is 5. The molecule has 0 heterocycles. The second kappa shape index (κ2) is 12.6. The number of nitrogens with zero attached hydrogens (tertiary/aromatic N) is 1. The van der Waals surface area contributed by atoms with Gasteiger partial charge in [-0.1, -0.05) is 148 Å². The SMILES string of the molecule is CCC1CC2CCCC(C1)C21c2ccccc2-c2cc(N(c3ccc4c(c3)C3(CCCCC3)c3ccccc3-4)c3ccccc3-c3ccccc3)ccc21. The van der Waals surface area contributed by atoms with Gasteiger partial charge in [-0.15, -0.1) is 0 Å². The first-order valence-corrected chi connectivity index (χ1v) is 21.1. The van der Waals surface area contributed by atoms with Crippen molar-refractivity contribution in [1.82, 2.24) is 0 Å². The van der Waals surface area contributed by atoms with Crippen LogP contribution in [0.2, 0.25) is 0 Å². The lowest BCUT2D eigenvalue weighted by Gasteiger charge is -2.55. The highest BCUT2D eigenvalue weighted by atomic mass is 15.1. The van der Waals surface area contributed by atoms with E-state index in [2.05, 4.69) is 151 Å². The van der Waals surface area contributed by atoms with Crippen molar-refractivity contribution in [1.29, 1.82) is 0 Å². The Hall–Kier alpha value is -4.88. The van der Waals surface area contributed by atoms with E-state index in [0.29, 0.717) is 0 Å². The van der Waals surface area contributed by atoms with Gasteiger partial charge in [0.1, 0.15) is 0 Å². The van der Waals surface area contributed by atoms with Gasteiger partial charge in [-0.2, -0.15) is 0 Å². The van der Waals surface area contributed by atoms with Gasteiger partial charge in [0.15, 0.2) is 0 Å². The first-order valence-electron chi connectivity index (χ1n) is 21.1. The summed E-state index contributed by atoms with van der Waals surface area (Å²) in [5.74, 6) is 2.32. The van der Waals surface area contributed by atoms with E-state index in [-0.39, 0.29) is 10.8 Å². The van der Waals surface area contributed by atoms with E-state index < -0.39 is 0 Å². The maximum atomic E-state index is 2.60. The van der Waals surface area contributed by atoms with Gasteiger partial charge >= 0.3 is 0 Å². The molecule has 5 aliphatic rings. The highest BCUT2D eigenvalue weighted by molar-refractivity contribution is 5.93. The fourth-order valence-corrected chi connectivity index (χ4v) is 12.8. The zero-order valence-electron chi connectivity index (χ0n) is 31.7. The third-order valence-corrected chi connectivity index (χ3v) is 15.0. The molecule has 0 amide bonds. The topological polar surface area (TPSA) is 3.24 Å². The summed E-state index contributed by atoms with van der Waals surface area (Å²) in [5.41, 5.74) is 18.6. The van der Waals surface area contributed by atoms with Crippen molar-refractivity contribution in [3.05, 3.63) is 162 Å². The van der Waals surface area contributed by atoms with Crippen LogP contribution in [0.15, 0.2) is 140 Å². The van der Waals surface area contributed by atoms with Crippen LogP contribution in [-0.2, 0) is 10.8 Å². The van der Waals surface area contributed by atoms with Crippen LogP contribution in [-0.4, -0.2) is 0 Å². The largest absolute Gasteiger partial charge is 0.310 e. The molecule has 1 nitrogen and oxygen atoms in total. The summed E-state index contributed by atoms with van der Waals surface area (Å²) in [4.78, 5) is 2.60. The van der Waals surface area contributed by atoms with E-state index in [1.54, 1.807) is 16.7 Å². The van der Waals surface area contributed by atoms with Crippen molar-refractivity contribution in [2.75, 3.05) is 4.90 Å². The molecule has 54 heavy (non-hydrogen) atoms. The van der Waals surface area contributed by atoms with Crippen LogP contribution in [0.25, 0.3) is 33.4 Å². The zero-order chi connectivity index (χ0) is 35.9. The van der Waals surface area contributed by atoms with E-state index in [9.17, 15) is 0 Å². The molecule has 1 heteroatoms. The summed E-state index contributed by atoms with van der Waals surface area (Å²) in [5, 5.41) is 0. The minimum atomic E-state index is 0.100. The van der Waals surface area contributed by atoms with Crippen molar-refractivity contribution in [3.63, 3.8) is 0 Å². The molecule has 2 atom stereocenters. The molecule has 0 aliphatic heterocycles. The molecule has 6 aromatic rings. The number of fused-ring (bicyclic) bond motifs is 8. The Bertz CT molecular complexity index is 2360. The van der Waals surface area contributed by atoms with Gasteiger partial charge in [0.2, 0.25) is 0 Å². The van der Waals surface area contributed by atoms with Gasteiger partial charge in [0.05, 0.1) is 5.69 Å². The molecule has 268 valence electrons. The van der Waals surface area contributed by atoms with Crippen molar-refractivity contribution in [2.45, 2.75) is 88.4 Å². The smallest absolute Gasteiger partial charge is 0.0540 e. The van der Waals surface area contributed by atoms with Gasteiger partial charge < -0.3 is 4.90 Å². The fourth-order valence-electron chi connectivity index (χ4n) is 12.8. The number of hydrogen-bond donors (Lipinski definition) is 0. The molecule has 2 spiro atoms. The number of anilines is 3. The molecule has 0 saturated heterocycles. The van der Waals surface area contributed by atoms with E-state index in [4.69, 9.17) is 0 Å². The molecule has 0 N–H and O–H groups in total. The van der Waals surface area contributed by atoms with Crippen LogP contribution in [0.1, 0.15) is 99.8 Å². The van der Waals surface area contributed by atoms with Crippen LogP contribution in [0, 0.1) is 17.8 Å². The standard InChI is InChI=1S/C53H51N/c1-2-36-32-38-18-15-19-39(33-36)53(38)48-24-11-8-22-44(48)46-34-40(27-29-49(46)53)54(51-25-12-9-20-42(51)37-16-5-3-6-17-37)41-26-28-45-43-21-7-10-23-47(43)52(50(45)35-41)30-13-4-14-31-52/h3,5-12,16-17,20-29,34-36,38-39H,2,4,13-15,18-19,30-33H2,1H3. The molecule has 6 aromatic carbocycles. The molecular weight excluding hydrogens is 651 g/mol. The third-order valence-electron chi connectivity index (χ3n) is 15.0. The van der Waals surface area contributed by atoms with E-state index >= 15 is 0 Å². The van der Waals surface area contributed by atoms with Crippen molar-refractivity contribution < 1.29 is 0 Å². The number of para-hydroxylation sites is 1. The number of benzene rings is 6. The lowest BCUT2D eigenvalue weighted by Crippen LogP contribution is -2.49. The molecule has 3 saturated carbocycles. The van der Waals surface area contributed by atoms with Gasteiger partial charge in [0, 0.05) is 27.8 Å². The maximum Gasteiger partial charge on any atom is 0.0540 e. The van der Waals surface area contributed by atoms with E-state index in [0.717, 1.165) is 17.8 Å². The molecule has 0 radical (unpaired) electrons. The van der Waals surface area contributed by atoms with Crippen LogP contribution >= 0.6 is 0 Å². The average molecular weight is 702 g/mol. The normalized spacial score (nSPS) is 24.1. The minimum Gasteiger partial charge on any atom is -0.310 e. The minimum absolute atomic E-state index is 0.100. The van der Waals surface area contributed by atoms with Gasteiger partial charge in [-0.05, 0) is 137 Å². The molecule has 5 aliphatic carbocycles. The maximum absolute atomic E-state index is 2.60. The van der Waals surface area contributed by atoms with Gasteiger partial charge in [-0.3, -0.25) is 0 Å². The third kappa shape index (κ3) is 4.57. The number of hydrogen-bond acceptors (Lipinski definition) is 1. The molecule has 3 fully saturated rings. The highest BCUT2D eigenvalue weighted by Crippen LogP contribution is 2.66. The zero-order valence-corrected chi connectivity index (χ0v) is 31.7. The Kier molecular flexibility index (Phi) is 7.59. The molecule has 0 aromatic heterocycles. The van der Waals surface area contributed by atoms with Crippen LogP contribution in [0.4, 0.5) is 17.1 Å².